The van der Waals surface area contributed by atoms with Gasteiger partial charge in [-0.15, -0.1) is 24.0 Å². The molecule has 2 aliphatic heterocycles. The number of halogens is 2. The highest BCUT2D eigenvalue weighted by Crippen LogP contribution is 2.24. The minimum absolute atomic E-state index is 0. The Morgan fingerprint density at radius 1 is 1.19 bits per heavy atom. The van der Waals surface area contributed by atoms with Crippen molar-refractivity contribution in [3.8, 4) is 0 Å². The number of rotatable bonds is 3. The van der Waals surface area contributed by atoms with Crippen molar-refractivity contribution in [3.05, 3.63) is 29.6 Å². The lowest BCUT2D eigenvalue weighted by Crippen LogP contribution is -2.42. The first-order chi connectivity index (χ1) is 12.0. The van der Waals surface area contributed by atoms with Gasteiger partial charge in [0.05, 0.1) is 18.3 Å². The molecule has 1 aromatic rings. The zero-order chi connectivity index (χ0) is 17.8. The molecule has 7 heteroatoms. The van der Waals surface area contributed by atoms with Gasteiger partial charge in [0.25, 0.3) is 0 Å². The molecule has 0 spiro atoms. The number of piperidine rings is 2. The first-order valence-corrected chi connectivity index (χ1v) is 9.29. The number of likely N-dealkylation sites (tertiary alicyclic amines) is 1. The highest BCUT2D eigenvalue weighted by atomic mass is 127. The lowest BCUT2D eigenvalue weighted by atomic mass is 10.00. The zero-order valence-electron chi connectivity index (χ0n) is 15.4. The van der Waals surface area contributed by atoms with Crippen LogP contribution in [0.1, 0.15) is 38.2 Å². The van der Waals surface area contributed by atoms with E-state index in [-0.39, 0.29) is 35.9 Å². The smallest absolute Gasteiger partial charge is 0.191 e. The third-order valence-electron chi connectivity index (χ3n) is 5.35. The van der Waals surface area contributed by atoms with E-state index in [1.165, 1.54) is 0 Å². The summed E-state index contributed by atoms with van der Waals surface area (Å²) in [7, 11) is 0. The van der Waals surface area contributed by atoms with Gasteiger partial charge in [-0.2, -0.15) is 0 Å². The van der Waals surface area contributed by atoms with E-state index in [4.69, 9.17) is 5.73 Å². The number of guanidine groups is 1. The second kappa shape index (κ2) is 9.73. The Balaban J connectivity index is 0.00000243. The minimum Gasteiger partial charge on any atom is -0.393 e. The van der Waals surface area contributed by atoms with E-state index in [1.54, 1.807) is 6.07 Å². The number of aliphatic hydroxyl groups excluding tert-OH is 1. The molecule has 146 valence electrons. The molecule has 0 atom stereocenters. The quantitative estimate of drug-likeness (QED) is 0.400. The fraction of sp³-hybridized carbons (Fsp3) is 0.632. The molecule has 0 saturated carbocycles. The van der Waals surface area contributed by atoms with Crippen LogP contribution < -0.4 is 10.6 Å². The molecule has 2 aliphatic rings. The summed E-state index contributed by atoms with van der Waals surface area (Å²) in [6, 6.07) is 5.28. The minimum atomic E-state index is -0.256. The molecule has 5 nitrogen and oxygen atoms in total. The number of nitrogens with two attached hydrogens (primary N) is 1. The Morgan fingerprint density at radius 2 is 1.85 bits per heavy atom. The van der Waals surface area contributed by atoms with Crippen LogP contribution in [0.25, 0.3) is 0 Å². The van der Waals surface area contributed by atoms with Crippen molar-refractivity contribution in [2.75, 3.05) is 31.1 Å². The van der Waals surface area contributed by atoms with Crippen LogP contribution in [0.15, 0.2) is 23.2 Å². The Morgan fingerprint density at radius 3 is 2.46 bits per heavy atom. The van der Waals surface area contributed by atoms with Crippen LogP contribution in [0.2, 0.25) is 0 Å². The van der Waals surface area contributed by atoms with Gasteiger partial charge in [-0.25, -0.2) is 9.38 Å². The molecular formula is C19H30FIN4O. The fourth-order valence-electron chi connectivity index (χ4n) is 3.52. The van der Waals surface area contributed by atoms with Crippen LogP contribution in [0.5, 0.6) is 0 Å². The van der Waals surface area contributed by atoms with Crippen molar-refractivity contribution >= 4 is 35.6 Å². The first-order valence-electron chi connectivity index (χ1n) is 9.29. The Bertz CT molecular complexity index is 612. The van der Waals surface area contributed by atoms with E-state index in [0.717, 1.165) is 37.4 Å². The molecule has 0 radical (unpaired) electrons. The number of hydrogen-bond acceptors (Lipinski definition) is 3. The zero-order valence-corrected chi connectivity index (χ0v) is 17.7. The van der Waals surface area contributed by atoms with Crippen molar-refractivity contribution in [3.63, 3.8) is 0 Å². The Hall–Kier alpha value is -1.09. The Labute approximate surface area is 172 Å². The second-order valence-electron chi connectivity index (χ2n) is 7.35. The topological polar surface area (TPSA) is 65.1 Å². The van der Waals surface area contributed by atoms with E-state index in [1.807, 2.05) is 17.0 Å². The Kier molecular flexibility index (Phi) is 7.94. The summed E-state index contributed by atoms with van der Waals surface area (Å²) in [5.74, 6) is 1.08. The van der Waals surface area contributed by atoms with Crippen molar-refractivity contribution in [1.29, 1.82) is 0 Å². The first kappa shape index (κ1) is 21.2. The molecule has 0 aliphatic carbocycles. The third-order valence-corrected chi connectivity index (χ3v) is 5.35. The molecule has 3 rings (SSSR count). The number of aliphatic imine (C=N–C) groups is 1. The van der Waals surface area contributed by atoms with Crippen LogP contribution in [-0.4, -0.2) is 48.2 Å². The van der Waals surface area contributed by atoms with Gasteiger partial charge in [-0.1, -0.05) is 13.0 Å². The van der Waals surface area contributed by atoms with Crippen LogP contribution in [0.4, 0.5) is 10.1 Å². The van der Waals surface area contributed by atoms with E-state index in [9.17, 15) is 9.50 Å². The average molecular weight is 476 g/mol. The van der Waals surface area contributed by atoms with Crippen LogP contribution in [-0.2, 0) is 6.54 Å². The maximum Gasteiger partial charge on any atom is 0.191 e. The van der Waals surface area contributed by atoms with Gasteiger partial charge in [0.15, 0.2) is 5.96 Å². The number of nitrogens with zero attached hydrogens (tertiary/aromatic N) is 3. The molecular weight excluding hydrogens is 446 g/mol. The summed E-state index contributed by atoms with van der Waals surface area (Å²) in [6.07, 6.45) is 3.41. The standard InChI is InChI=1S/C19H29FN4O.HI/c1-14-4-8-24(9-5-14)19(21)22-13-15-2-3-18(17(20)12-15)23-10-6-16(25)7-11-23;/h2-3,12,14,16,25H,4-11,13H2,1H3,(H2,21,22);1H. The molecule has 1 aromatic carbocycles. The maximum absolute atomic E-state index is 14.5. The van der Waals surface area contributed by atoms with Crippen molar-refractivity contribution < 1.29 is 9.50 Å². The summed E-state index contributed by atoms with van der Waals surface area (Å²) >= 11 is 0. The molecule has 0 amide bonds. The third kappa shape index (κ3) is 5.45. The van der Waals surface area contributed by atoms with Crippen LogP contribution >= 0.6 is 24.0 Å². The summed E-state index contributed by atoms with van der Waals surface area (Å²) in [4.78, 5) is 8.56. The molecule has 2 saturated heterocycles. The molecule has 0 aromatic heterocycles. The number of anilines is 1. The highest BCUT2D eigenvalue weighted by Gasteiger charge is 2.20. The number of benzene rings is 1. The number of aliphatic hydroxyl groups is 1. The van der Waals surface area contributed by atoms with E-state index >= 15 is 0 Å². The van der Waals surface area contributed by atoms with E-state index in [2.05, 4.69) is 16.8 Å². The molecule has 0 bridgehead atoms. The summed E-state index contributed by atoms with van der Waals surface area (Å²) < 4.78 is 14.5. The monoisotopic (exact) mass is 476 g/mol. The van der Waals surface area contributed by atoms with Crippen molar-refractivity contribution in [1.82, 2.24) is 4.90 Å². The van der Waals surface area contributed by atoms with Crippen molar-refractivity contribution in [2.24, 2.45) is 16.6 Å². The normalized spacial score (nSPS) is 20.2. The van der Waals surface area contributed by atoms with Gasteiger partial charge in [-0.3, -0.25) is 0 Å². The SMILES string of the molecule is CC1CCN(C(N)=NCc2ccc(N3CCC(O)CC3)c(F)c2)CC1.I. The van der Waals surface area contributed by atoms with Gasteiger partial charge in [0.1, 0.15) is 5.82 Å². The average Bonchev–Trinajstić information content (AvgIpc) is 2.61. The second-order valence-corrected chi connectivity index (χ2v) is 7.35. The maximum atomic E-state index is 14.5. The lowest BCUT2D eigenvalue weighted by Gasteiger charge is -2.31. The largest absolute Gasteiger partial charge is 0.393 e. The molecule has 3 N–H and O–H groups in total. The summed E-state index contributed by atoms with van der Waals surface area (Å²) in [5.41, 5.74) is 7.52. The van der Waals surface area contributed by atoms with Crippen LogP contribution in [0, 0.1) is 11.7 Å². The molecule has 0 unspecified atom stereocenters. The highest BCUT2D eigenvalue weighted by molar-refractivity contribution is 14.0. The molecule has 2 heterocycles. The van der Waals surface area contributed by atoms with Gasteiger partial charge in [-0.05, 0) is 49.3 Å². The number of hydrogen-bond donors (Lipinski definition) is 2. The van der Waals surface area contributed by atoms with Crippen molar-refractivity contribution in [2.45, 2.75) is 45.3 Å². The van der Waals surface area contributed by atoms with Gasteiger partial charge in [0, 0.05) is 26.2 Å². The lowest BCUT2D eigenvalue weighted by molar-refractivity contribution is 0.145. The predicted octanol–water partition coefficient (Wildman–Crippen LogP) is 2.95. The summed E-state index contributed by atoms with van der Waals surface area (Å²) in [6.45, 7) is 5.94. The van der Waals surface area contributed by atoms with Crippen LogP contribution in [0.3, 0.4) is 0 Å². The predicted molar refractivity (Wildman–Crippen MR) is 115 cm³/mol. The van der Waals surface area contributed by atoms with Gasteiger partial charge < -0.3 is 20.6 Å². The fourth-order valence-corrected chi connectivity index (χ4v) is 3.52. The van der Waals surface area contributed by atoms with E-state index in [0.29, 0.717) is 44.1 Å². The molecule has 2 fully saturated rings. The molecule has 26 heavy (non-hydrogen) atoms. The van der Waals surface area contributed by atoms with Gasteiger partial charge >= 0.3 is 0 Å². The summed E-state index contributed by atoms with van der Waals surface area (Å²) in [5, 5.41) is 9.58. The van der Waals surface area contributed by atoms with E-state index < -0.39 is 0 Å². The van der Waals surface area contributed by atoms with Gasteiger partial charge in [0.2, 0.25) is 0 Å².